The third-order valence-electron chi connectivity index (χ3n) is 6.48. The first-order valence-electron chi connectivity index (χ1n) is 12.4. The first-order valence-corrected chi connectivity index (χ1v) is 12.4. The van der Waals surface area contributed by atoms with Crippen molar-refractivity contribution in [2.24, 2.45) is 5.11 Å². The molecule has 186 valence electrons. The first kappa shape index (κ1) is 23.3. The van der Waals surface area contributed by atoms with Crippen LogP contribution in [0.15, 0.2) is 94.8 Å². The van der Waals surface area contributed by atoms with E-state index in [9.17, 15) is 4.79 Å². The summed E-state index contributed by atoms with van der Waals surface area (Å²) < 4.78 is 20.5. The van der Waals surface area contributed by atoms with Crippen molar-refractivity contribution in [1.82, 2.24) is 14.2 Å². The largest absolute Gasteiger partial charge is 0.475 e. The lowest BCUT2D eigenvalue weighted by molar-refractivity contribution is -0.102. The molecule has 3 heterocycles. The van der Waals surface area contributed by atoms with Gasteiger partial charge in [0.2, 0.25) is 17.3 Å². The van der Waals surface area contributed by atoms with Crippen LogP contribution in [-0.2, 0) is 22.4 Å². The van der Waals surface area contributed by atoms with Gasteiger partial charge in [-0.15, -0.1) is 0 Å². The van der Waals surface area contributed by atoms with Gasteiger partial charge < -0.3 is 14.2 Å². The molecule has 0 saturated carbocycles. The predicted molar refractivity (Wildman–Crippen MR) is 140 cm³/mol. The number of hydrogen-bond donors (Lipinski definition) is 0. The van der Waals surface area contributed by atoms with Crippen molar-refractivity contribution in [2.45, 2.75) is 19.1 Å². The van der Waals surface area contributed by atoms with Gasteiger partial charge in [-0.3, -0.25) is 4.57 Å². The highest BCUT2D eigenvalue weighted by molar-refractivity contribution is 5.69. The van der Waals surface area contributed by atoms with Gasteiger partial charge in [0, 0.05) is 47.6 Å². The molecular formula is C29H27N4O4+. The quantitative estimate of drug-likeness (QED) is 0.282. The monoisotopic (exact) mass is 495 g/mol. The Bertz CT molecular complexity index is 1440. The molecule has 8 heteroatoms. The summed E-state index contributed by atoms with van der Waals surface area (Å²) in [5, 5.41) is 4.98. The maximum absolute atomic E-state index is 12.8. The second-order valence-electron chi connectivity index (χ2n) is 8.97. The van der Waals surface area contributed by atoms with Crippen molar-refractivity contribution in [3.63, 3.8) is 0 Å². The van der Waals surface area contributed by atoms with Gasteiger partial charge >= 0.3 is 5.69 Å². The number of rotatable bonds is 6. The molecule has 6 rings (SSSR count). The maximum atomic E-state index is 12.8. The van der Waals surface area contributed by atoms with E-state index in [-0.39, 0.29) is 18.4 Å². The standard InChI is InChI=1S/C29H27N4O4/c34-29-30-28(37-20-25-19-35-15-16-36-25)18-27-26-12-11-22(17-21(26)13-14-32(27)29)31-33(23-7-3-1-4-8-23)24-9-5-2-6-10-24/h1-12,17-18,25H,13-16,19-20H2/q+1/t25-/m0/s1. The SMILES string of the molecule is O=c1nc(OC[C@@H]2COCCO2)cc2n1CCc1cc(N=[N+](c3ccccc3)c3ccccc3)ccc1-2. The lowest BCUT2D eigenvalue weighted by Gasteiger charge is -2.24. The summed E-state index contributed by atoms with van der Waals surface area (Å²) in [6, 6.07) is 28.1. The molecule has 2 aliphatic heterocycles. The summed E-state index contributed by atoms with van der Waals surface area (Å²) in [5.74, 6) is 0.298. The molecule has 0 radical (unpaired) electrons. The van der Waals surface area contributed by atoms with Crippen LogP contribution in [0.5, 0.6) is 5.88 Å². The fraction of sp³-hybridized carbons (Fsp3) is 0.241. The van der Waals surface area contributed by atoms with Gasteiger partial charge in [-0.25, -0.2) is 4.79 Å². The van der Waals surface area contributed by atoms with Crippen molar-refractivity contribution >= 4 is 17.1 Å². The lowest BCUT2D eigenvalue weighted by atomic mass is 9.97. The lowest BCUT2D eigenvalue weighted by Crippen LogP contribution is -2.34. The van der Waals surface area contributed by atoms with Crippen LogP contribution in [0.2, 0.25) is 0 Å². The summed E-state index contributed by atoms with van der Waals surface area (Å²) in [5.41, 5.74) is 5.38. The van der Waals surface area contributed by atoms with Crippen molar-refractivity contribution in [2.75, 3.05) is 26.4 Å². The predicted octanol–water partition coefficient (Wildman–Crippen LogP) is 4.88. The summed E-state index contributed by atoms with van der Waals surface area (Å²) in [6.45, 7) is 2.45. The van der Waals surface area contributed by atoms with E-state index in [2.05, 4.69) is 11.1 Å². The minimum atomic E-state index is -0.313. The van der Waals surface area contributed by atoms with Crippen molar-refractivity contribution in [3.8, 4) is 17.1 Å². The van der Waals surface area contributed by atoms with Crippen LogP contribution < -0.4 is 15.1 Å². The molecule has 37 heavy (non-hydrogen) atoms. The number of aryl methyl sites for hydroxylation is 1. The van der Waals surface area contributed by atoms with Crippen molar-refractivity contribution in [1.29, 1.82) is 0 Å². The Morgan fingerprint density at radius 3 is 2.43 bits per heavy atom. The minimum absolute atomic E-state index is 0.164. The zero-order valence-electron chi connectivity index (χ0n) is 20.3. The molecule has 1 fully saturated rings. The van der Waals surface area contributed by atoms with Crippen LogP contribution in [0.4, 0.5) is 17.1 Å². The van der Waals surface area contributed by atoms with E-state index >= 15 is 0 Å². The van der Waals surface area contributed by atoms with E-state index in [0.29, 0.717) is 32.2 Å². The van der Waals surface area contributed by atoms with Crippen LogP contribution in [0.25, 0.3) is 11.3 Å². The second kappa shape index (κ2) is 10.5. The molecule has 0 aliphatic carbocycles. The summed E-state index contributed by atoms with van der Waals surface area (Å²) >= 11 is 0. The average molecular weight is 496 g/mol. The molecule has 1 aromatic heterocycles. The fourth-order valence-electron chi connectivity index (χ4n) is 4.66. The molecular weight excluding hydrogens is 468 g/mol. The number of nitrogens with zero attached hydrogens (tertiary/aromatic N) is 4. The van der Waals surface area contributed by atoms with Crippen LogP contribution in [0, 0.1) is 0 Å². The molecule has 0 bridgehead atoms. The Labute approximate surface area is 214 Å². The van der Waals surface area contributed by atoms with Gasteiger partial charge in [-0.05, 0) is 28.8 Å². The third kappa shape index (κ3) is 5.07. The number of azo groups is 2. The zero-order valence-corrected chi connectivity index (χ0v) is 20.3. The van der Waals surface area contributed by atoms with Crippen molar-refractivity contribution < 1.29 is 14.2 Å². The van der Waals surface area contributed by atoms with Crippen LogP contribution in [0.1, 0.15) is 5.56 Å². The van der Waals surface area contributed by atoms with E-state index in [1.807, 2.05) is 83.6 Å². The smallest absolute Gasteiger partial charge is 0.351 e. The fourth-order valence-corrected chi connectivity index (χ4v) is 4.66. The van der Waals surface area contributed by atoms with E-state index in [0.717, 1.165) is 40.3 Å². The summed E-state index contributed by atoms with van der Waals surface area (Å²) in [4.78, 5) is 16.9. The Balaban J connectivity index is 1.33. The summed E-state index contributed by atoms with van der Waals surface area (Å²) in [7, 11) is 0. The van der Waals surface area contributed by atoms with Gasteiger partial charge in [-0.1, -0.05) is 42.5 Å². The molecule has 0 N–H and O–H groups in total. The highest BCUT2D eigenvalue weighted by Crippen LogP contribution is 2.33. The van der Waals surface area contributed by atoms with Gasteiger partial charge in [0.25, 0.3) is 0 Å². The van der Waals surface area contributed by atoms with Crippen LogP contribution in [0.3, 0.4) is 0 Å². The normalized spacial score (nSPS) is 16.4. The molecule has 4 aromatic rings. The number of aromatic nitrogens is 2. The van der Waals surface area contributed by atoms with E-state index in [4.69, 9.17) is 19.3 Å². The van der Waals surface area contributed by atoms with E-state index in [1.165, 1.54) is 0 Å². The molecule has 0 spiro atoms. The number of para-hydroxylation sites is 2. The molecule has 1 saturated heterocycles. The second-order valence-corrected chi connectivity index (χ2v) is 8.97. The molecule has 0 amide bonds. The van der Waals surface area contributed by atoms with Crippen LogP contribution in [-0.4, -0.2) is 42.1 Å². The van der Waals surface area contributed by atoms with Gasteiger partial charge in [0.05, 0.1) is 25.5 Å². The Kier molecular flexibility index (Phi) is 6.58. The average Bonchev–Trinajstić information content (AvgIpc) is 2.96. The molecule has 3 aromatic carbocycles. The van der Waals surface area contributed by atoms with Gasteiger partial charge in [0.15, 0.2) is 0 Å². The number of ether oxygens (including phenoxy) is 3. The van der Waals surface area contributed by atoms with E-state index in [1.54, 1.807) is 4.57 Å². The Hall–Kier alpha value is -4.14. The Morgan fingerprint density at radius 1 is 0.973 bits per heavy atom. The molecule has 0 unspecified atom stereocenters. The summed E-state index contributed by atoms with van der Waals surface area (Å²) in [6.07, 6.45) is 0.556. The highest BCUT2D eigenvalue weighted by Gasteiger charge is 2.22. The zero-order chi connectivity index (χ0) is 25.0. The minimum Gasteiger partial charge on any atom is -0.475 e. The molecule has 2 aliphatic rings. The van der Waals surface area contributed by atoms with E-state index < -0.39 is 0 Å². The topological polar surface area (TPSA) is 78.0 Å². The number of hydrogen-bond acceptors (Lipinski definition) is 6. The van der Waals surface area contributed by atoms with Gasteiger partial charge in [0.1, 0.15) is 18.4 Å². The Morgan fingerprint density at radius 2 is 1.73 bits per heavy atom. The van der Waals surface area contributed by atoms with Gasteiger partial charge in [-0.2, -0.15) is 4.98 Å². The third-order valence-corrected chi connectivity index (χ3v) is 6.48. The molecule has 1 atom stereocenters. The number of benzene rings is 3. The number of fused-ring (bicyclic) bond motifs is 3. The van der Waals surface area contributed by atoms with Crippen molar-refractivity contribution in [3.05, 3.63) is 101 Å². The maximum Gasteiger partial charge on any atom is 0.351 e. The highest BCUT2D eigenvalue weighted by atomic mass is 16.6. The van der Waals surface area contributed by atoms with Crippen LogP contribution >= 0.6 is 0 Å². The molecule has 8 nitrogen and oxygen atoms in total. The first-order chi connectivity index (χ1) is 18.2.